The van der Waals surface area contributed by atoms with Crippen molar-refractivity contribution in [2.75, 3.05) is 27.2 Å². The monoisotopic (exact) mass is 251 g/mol. The van der Waals surface area contributed by atoms with Crippen molar-refractivity contribution >= 4 is 6.47 Å². The largest absolute Gasteiger partial charge is 0.431 e. The molecule has 0 amide bonds. The Kier molecular flexibility index (Phi) is 5.82. The lowest BCUT2D eigenvalue weighted by Crippen LogP contribution is -2.36. The van der Waals surface area contributed by atoms with E-state index >= 15 is 0 Å². The van der Waals surface area contributed by atoms with Crippen molar-refractivity contribution in [3.05, 3.63) is 35.9 Å². The summed E-state index contributed by atoms with van der Waals surface area (Å²) in [7, 11) is 3.95. The zero-order chi connectivity index (χ0) is 13.4. The van der Waals surface area contributed by atoms with Crippen molar-refractivity contribution in [3.63, 3.8) is 0 Å². The summed E-state index contributed by atoms with van der Waals surface area (Å²) in [5, 5.41) is 0. The Balaban J connectivity index is 3.00. The third-order valence-corrected chi connectivity index (χ3v) is 2.72. The second-order valence-electron chi connectivity index (χ2n) is 4.32. The lowest BCUT2D eigenvalue weighted by molar-refractivity contribution is -0.231. The van der Waals surface area contributed by atoms with E-state index in [9.17, 15) is 4.79 Å². The van der Waals surface area contributed by atoms with E-state index in [0.717, 1.165) is 12.1 Å². The first-order valence-corrected chi connectivity index (χ1v) is 6.10. The second-order valence-corrected chi connectivity index (χ2v) is 4.32. The maximum atomic E-state index is 10.8. The van der Waals surface area contributed by atoms with Gasteiger partial charge in [0.25, 0.3) is 6.47 Å². The van der Waals surface area contributed by atoms with E-state index in [4.69, 9.17) is 9.47 Å². The van der Waals surface area contributed by atoms with E-state index in [2.05, 4.69) is 0 Å². The number of ether oxygens (including phenoxy) is 2. The summed E-state index contributed by atoms with van der Waals surface area (Å²) in [4.78, 5) is 12.8. The molecule has 0 radical (unpaired) electrons. The summed E-state index contributed by atoms with van der Waals surface area (Å²) in [6, 6.07) is 9.57. The molecule has 1 aromatic rings. The summed E-state index contributed by atoms with van der Waals surface area (Å²) in [6.45, 7) is 3.60. The van der Waals surface area contributed by atoms with E-state index in [1.165, 1.54) is 0 Å². The summed E-state index contributed by atoms with van der Waals surface area (Å²) in [6.07, 6.45) is 0.594. The fourth-order valence-corrected chi connectivity index (χ4v) is 1.83. The van der Waals surface area contributed by atoms with Crippen LogP contribution in [0.5, 0.6) is 0 Å². The maximum absolute atomic E-state index is 10.8. The van der Waals surface area contributed by atoms with Crippen LogP contribution in [-0.2, 0) is 20.1 Å². The Morgan fingerprint density at radius 3 is 2.44 bits per heavy atom. The van der Waals surface area contributed by atoms with Gasteiger partial charge in [0.15, 0.2) is 0 Å². The Labute approximate surface area is 108 Å². The maximum Gasteiger partial charge on any atom is 0.295 e. The highest BCUT2D eigenvalue weighted by Gasteiger charge is 2.34. The Bertz CT molecular complexity index is 353. The first-order chi connectivity index (χ1) is 8.64. The third kappa shape index (κ3) is 3.82. The third-order valence-electron chi connectivity index (χ3n) is 2.72. The highest BCUT2D eigenvalue weighted by molar-refractivity contribution is 5.39. The van der Waals surface area contributed by atoms with E-state index < -0.39 is 5.79 Å². The van der Waals surface area contributed by atoms with Gasteiger partial charge in [-0.25, -0.2) is 0 Å². The SMILES string of the molecule is CCOC(CCN(C)C)(OC=O)c1ccccc1. The fourth-order valence-electron chi connectivity index (χ4n) is 1.83. The van der Waals surface area contributed by atoms with Crippen LogP contribution in [0, 0.1) is 0 Å². The molecule has 1 atom stereocenters. The summed E-state index contributed by atoms with van der Waals surface area (Å²) < 4.78 is 11.0. The number of rotatable bonds is 8. The average Bonchev–Trinajstić information content (AvgIpc) is 2.37. The first-order valence-electron chi connectivity index (χ1n) is 6.10. The quantitative estimate of drug-likeness (QED) is 0.523. The van der Waals surface area contributed by atoms with Gasteiger partial charge in [0.2, 0.25) is 5.79 Å². The van der Waals surface area contributed by atoms with Crippen molar-refractivity contribution in [2.45, 2.75) is 19.1 Å². The minimum absolute atomic E-state index is 0.457. The van der Waals surface area contributed by atoms with Gasteiger partial charge < -0.3 is 14.4 Å². The number of hydrogen-bond donors (Lipinski definition) is 0. The average molecular weight is 251 g/mol. The Morgan fingerprint density at radius 1 is 1.28 bits per heavy atom. The molecule has 0 aliphatic heterocycles. The normalized spacial score (nSPS) is 14.2. The highest BCUT2D eigenvalue weighted by Crippen LogP contribution is 2.30. The molecule has 1 aromatic carbocycles. The number of nitrogens with zero attached hydrogens (tertiary/aromatic N) is 1. The molecule has 1 rings (SSSR count). The van der Waals surface area contributed by atoms with Crippen LogP contribution in [0.25, 0.3) is 0 Å². The molecular weight excluding hydrogens is 230 g/mol. The molecule has 0 saturated carbocycles. The van der Waals surface area contributed by atoms with Crippen molar-refractivity contribution in [1.82, 2.24) is 4.90 Å². The number of carbonyl (C=O) groups excluding carboxylic acids is 1. The zero-order valence-electron chi connectivity index (χ0n) is 11.3. The van der Waals surface area contributed by atoms with E-state index in [1.807, 2.05) is 56.3 Å². The molecule has 4 nitrogen and oxygen atoms in total. The van der Waals surface area contributed by atoms with Crippen molar-refractivity contribution < 1.29 is 14.3 Å². The van der Waals surface area contributed by atoms with Crippen LogP contribution in [0.15, 0.2) is 30.3 Å². The molecule has 1 unspecified atom stereocenters. The van der Waals surface area contributed by atoms with Gasteiger partial charge in [-0.2, -0.15) is 0 Å². The summed E-state index contributed by atoms with van der Waals surface area (Å²) in [5.74, 6) is -0.984. The van der Waals surface area contributed by atoms with Gasteiger partial charge in [-0.15, -0.1) is 0 Å². The standard InChI is InChI=1S/C14H21NO3/c1-4-17-14(18-12-16,10-11-15(2)3)13-8-6-5-7-9-13/h5-9,12H,4,10-11H2,1-3H3. The molecule has 4 heteroatoms. The Hall–Kier alpha value is -1.39. The smallest absolute Gasteiger partial charge is 0.295 e. The van der Waals surface area contributed by atoms with Crippen LogP contribution >= 0.6 is 0 Å². The van der Waals surface area contributed by atoms with Crippen LogP contribution in [0.1, 0.15) is 18.9 Å². The van der Waals surface area contributed by atoms with Gasteiger partial charge in [-0.1, -0.05) is 30.3 Å². The minimum atomic E-state index is -0.984. The van der Waals surface area contributed by atoms with Gasteiger partial charge in [0, 0.05) is 25.1 Å². The highest BCUT2D eigenvalue weighted by atomic mass is 16.7. The van der Waals surface area contributed by atoms with Crippen molar-refractivity contribution in [3.8, 4) is 0 Å². The molecule has 0 aliphatic carbocycles. The Morgan fingerprint density at radius 2 is 1.94 bits per heavy atom. The van der Waals surface area contributed by atoms with Crippen LogP contribution < -0.4 is 0 Å². The van der Waals surface area contributed by atoms with E-state index in [-0.39, 0.29) is 0 Å². The minimum Gasteiger partial charge on any atom is -0.431 e. The van der Waals surface area contributed by atoms with Gasteiger partial charge in [-0.05, 0) is 21.0 Å². The molecule has 0 aromatic heterocycles. The predicted octanol–water partition coefficient (Wildman–Crippen LogP) is 2.00. The molecule has 0 bridgehead atoms. The number of benzene rings is 1. The van der Waals surface area contributed by atoms with Crippen molar-refractivity contribution in [2.24, 2.45) is 0 Å². The predicted molar refractivity (Wildman–Crippen MR) is 70.1 cm³/mol. The molecule has 100 valence electrons. The van der Waals surface area contributed by atoms with Gasteiger partial charge >= 0.3 is 0 Å². The summed E-state index contributed by atoms with van der Waals surface area (Å²) in [5.41, 5.74) is 0.862. The van der Waals surface area contributed by atoms with E-state index in [1.54, 1.807) is 0 Å². The number of hydrogen-bond acceptors (Lipinski definition) is 4. The van der Waals surface area contributed by atoms with Gasteiger partial charge in [0.1, 0.15) is 0 Å². The van der Waals surface area contributed by atoms with Crippen molar-refractivity contribution in [1.29, 1.82) is 0 Å². The van der Waals surface area contributed by atoms with Crippen LogP contribution in [0.4, 0.5) is 0 Å². The molecule has 0 aliphatic rings. The van der Waals surface area contributed by atoms with Crippen LogP contribution in [0.3, 0.4) is 0 Å². The molecular formula is C14H21NO3. The number of carbonyl (C=O) groups is 1. The van der Waals surface area contributed by atoms with Gasteiger partial charge in [0.05, 0.1) is 0 Å². The lowest BCUT2D eigenvalue weighted by atomic mass is 10.0. The summed E-state index contributed by atoms with van der Waals surface area (Å²) >= 11 is 0. The lowest BCUT2D eigenvalue weighted by Gasteiger charge is -2.32. The first kappa shape index (κ1) is 14.7. The zero-order valence-corrected chi connectivity index (χ0v) is 11.3. The van der Waals surface area contributed by atoms with Crippen LogP contribution in [0.2, 0.25) is 0 Å². The van der Waals surface area contributed by atoms with Gasteiger partial charge in [-0.3, -0.25) is 4.79 Å². The van der Waals surface area contributed by atoms with Crippen LogP contribution in [-0.4, -0.2) is 38.6 Å². The van der Waals surface area contributed by atoms with E-state index in [0.29, 0.717) is 19.5 Å². The molecule has 0 N–H and O–H groups in total. The second kappa shape index (κ2) is 7.13. The molecule has 18 heavy (non-hydrogen) atoms. The molecule has 0 spiro atoms. The molecule has 0 saturated heterocycles. The fraction of sp³-hybridized carbons (Fsp3) is 0.500. The topological polar surface area (TPSA) is 38.8 Å². The molecule has 0 fully saturated rings. The molecule has 0 heterocycles.